The summed E-state index contributed by atoms with van der Waals surface area (Å²) in [5.41, 5.74) is 1.07. The summed E-state index contributed by atoms with van der Waals surface area (Å²) >= 11 is 0. The predicted molar refractivity (Wildman–Crippen MR) is 75.6 cm³/mol. The molecule has 2 rings (SSSR count). The van der Waals surface area contributed by atoms with Crippen molar-refractivity contribution in [2.24, 2.45) is 0 Å². The molecule has 0 aliphatic carbocycles. The van der Waals surface area contributed by atoms with E-state index < -0.39 is 24.0 Å². The van der Waals surface area contributed by atoms with Gasteiger partial charge in [-0.1, -0.05) is 12.1 Å². The Hall–Kier alpha value is -2.88. The topological polar surface area (TPSA) is 119 Å². The van der Waals surface area contributed by atoms with Crippen molar-refractivity contribution >= 4 is 17.8 Å². The van der Waals surface area contributed by atoms with Gasteiger partial charge in [-0.3, -0.25) is 9.59 Å². The SMILES string of the molecule is N#Cc1cccc(C[C@H](NC(=O)[C@H]2CCC(=O)N2)C(=O)O)c1. The van der Waals surface area contributed by atoms with Gasteiger partial charge in [-0.25, -0.2) is 4.79 Å². The van der Waals surface area contributed by atoms with Crippen LogP contribution in [0.5, 0.6) is 0 Å². The monoisotopic (exact) mass is 301 g/mol. The minimum atomic E-state index is -1.17. The van der Waals surface area contributed by atoms with Gasteiger partial charge in [-0.15, -0.1) is 0 Å². The van der Waals surface area contributed by atoms with Crippen molar-refractivity contribution in [3.05, 3.63) is 35.4 Å². The van der Waals surface area contributed by atoms with Crippen LogP contribution in [0.3, 0.4) is 0 Å². The summed E-state index contributed by atoms with van der Waals surface area (Å²) in [5.74, 6) is -1.89. The molecular weight excluding hydrogens is 286 g/mol. The van der Waals surface area contributed by atoms with Gasteiger partial charge in [-0.05, 0) is 24.1 Å². The van der Waals surface area contributed by atoms with Gasteiger partial charge >= 0.3 is 5.97 Å². The molecule has 1 aliphatic rings. The van der Waals surface area contributed by atoms with Gasteiger partial charge < -0.3 is 15.7 Å². The minimum Gasteiger partial charge on any atom is -0.480 e. The number of benzene rings is 1. The molecule has 1 heterocycles. The number of carboxylic acid groups (broad SMARTS) is 1. The van der Waals surface area contributed by atoms with Gasteiger partial charge in [0, 0.05) is 12.8 Å². The Labute approximate surface area is 126 Å². The number of rotatable bonds is 5. The molecule has 2 atom stereocenters. The van der Waals surface area contributed by atoms with Crippen LogP contribution in [0.2, 0.25) is 0 Å². The molecule has 1 saturated heterocycles. The van der Waals surface area contributed by atoms with Crippen LogP contribution in [0.25, 0.3) is 0 Å². The van der Waals surface area contributed by atoms with Gasteiger partial charge in [0.25, 0.3) is 0 Å². The van der Waals surface area contributed by atoms with Crippen LogP contribution >= 0.6 is 0 Å². The molecule has 1 fully saturated rings. The second kappa shape index (κ2) is 6.72. The predicted octanol–water partition coefficient (Wildman–Crippen LogP) is -0.0512. The van der Waals surface area contributed by atoms with Gasteiger partial charge in [0.05, 0.1) is 11.6 Å². The number of carboxylic acids is 1. The lowest BCUT2D eigenvalue weighted by molar-refractivity contribution is -0.142. The van der Waals surface area contributed by atoms with Gasteiger partial charge in [-0.2, -0.15) is 5.26 Å². The zero-order chi connectivity index (χ0) is 16.1. The van der Waals surface area contributed by atoms with Crippen molar-refractivity contribution < 1.29 is 19.5 Å². The van der Waals surface area contributed by atoms with Crippen LogP contribution in [-0.4, -0.2) is 35.0 Å². The summed E-state index contributed by atoms with van der Waals surface area (Å²) in [6, 6.07) is 6.74. The molecule has 1 aliphatic heterocycles. The van der Waals surface area contributed by atoms with E-state index in [0.29, 0.717) is 17.5 Å². The first-order chi connectivity index (χ1) is 10.5. The third-order valence-corrected chi connectivity index (χ3v) is 3.42. The van der Waals surface area contributed by atoms with Crippen LogP contribution in [0.4, 0.5) is 0 Å². The quantitative estimate of drug-likeness (QED) is 0.704. The first-order valence-electron chi connectivity index (χ1n) is 6.81. The lowest BCUT2D eigenvalue weighted by Crippen LogP contribution is -2.49. The molecule has 0 unspecified atom stereocenters. The third-order valence-electron chi connectivity index (χ3n) is 3.42. The maximum atomic E-state index is 12.0. The maximum Gasteiger partial charge on any atom is 0.326 e. The molecule has 3 N–H and O–H groups in total. The molecule has 114 valence electrons. The number of amides is 2. The highest BCUT2D eigenvalue weighted by Gasteiger charge is 2.30. The number of carbonyl (C=O) groups is 3. The highest BCUT2D eigenvalue weighted by Crippen LogP contribution is 2.10. The van der Waals surface area contributed by atoms with Gasteiger partial charge in [0.2, 0.25) is 11.8 Å². The Morgan fingerprint density at radius 3 is 2.86 bits per heavy atom. The van der Waals surface area contributed by atoms with Crippen molar-refractivity contribution in [3.8, 4) is 6.07 Å². The third kappa shape index (κ3) is 3.82. The van der Waals surface area contributed by atoms with Crippen LogP contribution < -0.4 is 10.6 Å². The van der Waals surface area contributed by atoms with E-state index in [2.05, 4.69) is 10.6 Å². The van der Waals surface area contributed by atoms with Crippen molar-refractivity contribution in [2.75, 3.05) is 0 Å². The smallest absolute Gasteiger partial charge is 0.326 e. The Bertz CT molecular complexity index is 650. The first-order valence-corrected chi connectivity index (χ1v) is 6.81. The van der Waals surface area contributed by atoms with E-state index in [1.165, 1.54) is 0 Å². The number of aliphatic carboxylic acids is 1. The van der Waals surface area contributed by atoms with Crippen molar-refractivity contribution in [1.29, 1.82) is 5.26 Å². The highest BCUT2D eigenvalue weighted by atomic mass is 16.4. The number of hydrogen-bond donors (Lipinski definition) is 3. The number of nitrogens with one attached hydrogen (secondary N) is 2. The molecular formula is C15H15N3O4. The number of nitriles is 1. The zero-order valence-corrected chi connectivity index (χ0v) is 11.7. The summed E-state index contributed by atoms with van der Waals surface area (Å²) in [4.78, 5) is 34.4. The number of hydrogen-bond acceptors (Lipinski definition) is 4. The van der Waals surface area contributed by atoms with Gasteiger partial charge in [0.15, 0.2) is 0 Å². The fourth-order valence-corrected chi connectivity index (χ4v) is 2.29. The summed E-state index contributed by atoms with van der Waals surface area (Å²) in [6.45, 7) is 0. The van der Waals surface area contributed by atoms with Crippen LogP contribution in [0, 0.1) is 11.3 Å². The van der Waals surface area contributed by atoms with Crippen molar-refractivity contribution in [1.82, 2.24) is 10.6 Å². The Kier molecular flexibility index (Phi) is 4.73. The minimum absolute atomic E-state index is 0.0667. The molecule has 7 nitrogen and oxygen atoms in total. The zero-order valence-electron chi connectivity index (χ0n) is 11.7. The van der Waals surface area contributed by atoms with E-state index >= 15 is 0 Å². The standard InChI is InChI=1S/C15H15N3O4/c16-8-10-3-1-2-9(6-10)7-12(15(21)22)18-14(20)11-4-5-13(19)17-11/h1-3,6,11-12H,4-5,7H2,(H,17,19)(H,18,20)(H,21,22)/t11-,12+/m1/s1. The summed E-state index contributed by atoms with van der Waals surface area (Å²) in [7, 11) is 0. The fourth-order valence-electron chi connectivity index (χ4n) is 2.29. The molecule has 0 spiro atoms. The first kappa shape index (κ1) is 15.5. The highest BCUT2D eigenvalue weighted by molar-refractivity contribution is 5.92. The largest absolute Gasteiger partial charge is 0.480 e. The van der Waals surface area contributed by atoms with E-state index in [1.54, 1.807) is 24.3 Å². The maximum absolute atomic E-state index is 12.0. The molecule has 7 heteroatoms. The summed E-state index contributed by atoms with van der Waals surface area (Å²) < 4.78 is 0. The second-order valence-corrected chi connectivity index (χ2v) is 5.07. The lowest BCUT2D eigenvalue weighted by Gasteiger charge is -2.17. The second-order valence-electron chi connectivity index (χ2n) is 5.07. The fraction of sp³-hybridized carbons (Fsp3) is 0.333. The van der Waals surface area contributed by atoms with Crippen LogP contribution in [0.1, 0.15) is 24.0 Å². The van der Waals surface area contributed by atoms with E-state index in [4.69, 9.17) is 5.26 Å². The van der Waals surface area contributed by atoms with Crippen molar-refractivity contribution in [2.45, 2.75) is 31.3 Å². The van der Waals surface area contributed by atoms with E-state index in [9.17, 15) is 19.5 Å². The lowest BCUT2D eigenvalue weighted by atomic mass is 10.0. The van der Waals surface area contributed by atoms with E-state index in [0.717, 1.165) is 0 Å². The van der Waals surface area contributed by atoms with Crippen molar-refractivity contribution in [3.63, 3.8) is 0 Å². The molecule has 0 bridgehead atoms. The average Bonchev–Trinajstić information content (AvgIpc) is 2.93. The van der Waals surface area contributed by atoms with E-state index in [-0.39, 0.29) is 18.7 Å². The Morgan fingerprint density at radius 1 is 1.50 bits per heavy atom. The van der Waals surface area contributed by atoms with Crippen LogP contribution in [-0.2, 0) is 20.8 Å². The Balaban J connectivity index is 2.03. The van der Waals surface area contributed by atoms with Gasteiger partial charge in [0.1, 0.15) is 12.1 Å². The molecule has 0 radical (unpaired) electrons. The molecule has 22 heavy (non-hydrogen) atoms. The molecule has 1 aromatic rings. The van der Waals surface area contributed by atoms with Crippen LogP contribution in [0.15, 0.2) is 24.3 Å². The summed E-state index contributed by atoms with van der Waals surface area (Å²) in [6.07, 6.45) is 0.693. The molecule has 0 aromatic heterocycles. The average molecular weight is 301 g/mol. The number of nitrogens with zero attached hydrogens (tertiary/aromatic N) is 1. The molecule has 2 amide bonds. The number of carbonyl (C=O) groups excluding carboxylic acids is 2. The normalized spacial score (nSPS) is 18.1. The van der Waals surface area contributed by atoms with E-state index in [1.807, 2.05) is 6.07 Å². The Morgan fingerprint density at radius 2 is 2.27 bits per heavy atom. The molecule has 1 aromatic carbocycles. The molecule has 0 saturated carbocycles. The summed E-state index contributed by atoms with van der Waals surface area (Å²) in [5, 5.41) is 23.0.